The Bertz CT molecular complexity index is 309. The highest BCUT2D eigenvalue weighted by atomic mass is 16.5. The summed E-state index contributed by atoms with van der Waals surface area (Å²) in [6.45, 7) is 14.7. The van der Waals surface area contributed by atoms with Crippen LogP contribution in [0.3, 0.4) is 0 Å². The van der Waals surface area contributed by atoms with E-state index in [1.165, 1.54) is 19.3 Å². The largest absolute Gasteiger partial charge is 0.378 e. The van der Waals surface area contributed by atoms with Crippen molar-refractivity contribution in [3.05, 3.63) is 0 Å². The predicted molar refractivity (Wildman–Crippen MR) is 85.1 cm³/mol. The highest BCUT2D eigenvalue weighted by molar-refractivity contribution is 5.00. The summed E-state index contributed by atoms with van der Waals surface area (Å²) in [7, 11) is 0. The monoisotopic (exact) mass is 282 g/mol. The zero-order chi connectivity index (χ0) is 15.0. The average Bonchev–Trinajstić information content (AvgIpc) is 2.24. The standard InChI is InChI=1S/C17H34N2O/c1-12(2)15-9-13(7-8-20-15)18-14-10-16(3,4)19-17(5,6)11-14/h12-15,18-19H,7-11H2,1-6H3. The van der Waals surface area contributed by atoms with Crippen molar-refractivity contribution in [3.63, 3.8) is 0 Å². The molecule has 2 atom stereocenters. The molecule has 0 bridgehead atoms. The first-order valence-electron chi connectivity index (χ1n) is 8.34. The second-order valence-electron chi connectivity index (χ2n) is 8.54. The SMILES string of the molecule is CC(C)C1CC(NC2CC(C)(C)NC(C)(C)C2)CCO1. The molecule has 2 N–H and O–H groups in total. The number of hydrogen-bond acceptors (Lipinski definition) is 3. The van der Waals surface area contributed by atoms with Crippen LogP contribution in [0.4, 0.5) is 0 Å². The van der Waals surface area contributed by atoms with Crippen LogP contribution in [0.5, 0.6) is 0 Å². The van der Waals surface area contributed by atoms with Crippen LogP contribution < -0.4 is 10.6 Å². The Morgan fingerprint density at radius 3 is 2.20 bits per heavy atom. The molecule has 3 heteroatoms. The van der Waals surface area contributed by atoms with Crippen molar-refractivity contribution in [1.82, 2.24) is 10.6 Å². The molecule has 2 aliphatic heterocycles. The lowest BCUT2D eigenvalue weighted by molar-refractivity contribution is -0.0281. The van der Waals surface area contributed by atoms with Crippen molar-refractivity contribution in [3.8, 4) is 0 Å². The molecule has 2 fully saturated rings. The van der Waals surface area contributed by atoms with E-state index in [1.807, 2.05) is 0 Å². The van der Waals surface area contributed by atoms with E-state index in [9.17, 15) is 0 Å². The molecule has 0 aliphatic carbocycles. The first-order chi connectivity index (χ1) is 9.17. The fourth-order valence-corrected chi connectivity index (χ4v) is 4.22. The number of piperidine rings is 1. The zero-order valence-electron chi connectivity index (χ0n) is 14.3. The quantitative estimate of drug-likeness (QED) is 0.834. The summed E-state index contributed by atoms with van der Waals surface area (Å²) >= 11 is 0. The second-order valence-corrected chi connectivity index (χ2v) is 8.54. The maximum atomic E-state index is 5.89. The molecule has 0 aromatic heterocycles. The highest BCUT2D eigenvalue weighted by Gasteiger charge is 2.38. The molecule has 3 nitrogen and oxygen atoms in total. The van der Waals surface area contributed by atoms with E-state index in [0.717, 1.165) is 13.0 Å². The highest BCUT2D eigenvalue weighted by Crippen LogP contribution is 2.30. The Morgan fingerprint density at radius 1 is 1.05 bits per heavy atom. The Labute approximate surface area is 125 Å². The molecular formula is C17H34N2O. The molecule has 2 heterocycles. The van der Waals surface area contributed by atoms with Crippen LogP contribution in [0.1, 0.15) is 67.2 Å². The van der Waals surface area contributed by atoms with Gasteiger partial charge >= 0.3 is 0 Å². The van der Waals surface area contributed by atoms with Gasteiger partial charge in [-0.1, -0.05) is 13.8 Å². The maximum Gasteiger partial charge on any atom is 0.0612 e. The third-order valence-corrected chi connectivity index (χ3v) is 4.72. The molecule has 2 unspecified atom stereocenters. The van der Waals surface area contributed by atoms with Gasteiger partial charge in [0, 0.05) is 29.8 Å². The third-order valence-electron chi connectivity index (χ3n) is 4.72. The minimum Gasteiger partial charge on any atom is -0.378 e. The molecule has 0 saturated carbocycles. The molecule has 2 saturated heterocycles. The Morgan fingerprint density at radius 2 is 1.65 bits per heavy atom. The summed E-state index contributed by atoms with van der Waals surface area (Å²) in [4.78, 5) is 0. The van der Waals surface area contributed by atoms with Gasteiger partial charge < -0.3 is 15.4 Å². The summed E-state index contributed by atoms with van der Waals surface area (Å²) < 4.78 is 5.89. The molecule has 0 amide bonds. The van der Waals surface area contributed by atoms with Crippen LogP contribution >= 0.6 is 0 Å². The summed E-state index contributed by atoms with van der Waals surface area (Å²) in [5, 5.41) is 7.70. The van der Waals surface area contributed by atoms with Crippen molar-refractivity contribution >= 4 is 0 Å². The van der Waals surface area contributed by atoms with E-state index in [-0.39, 0.29) is 11.1 Å². The van der Waals surface area contributed by atoms with Crippen molar-refractivity contribution in [1.29, 1.82) is 0 Å². The molecule has 2 rings (SSSR count). The van der Waals surface area contributed by atoms with Crippen LogP contribution in [0.25, 0.3) is 0 Å². The van der Waals surface area contributed by atoms with E-state index in [0.29, 0.717) is 24.1 Å². The van der Waals surface area contributed by atoms with Gasteiger partial charge in [-0.15, -0.1) is 0 Å². The minimum atomic E-state index is 0.224. The molecule has 0 aromatic rings. The van der Waals surface area contributed by atoms with E-state index in [2.05, 4.69) is 52.2 Å². The van der Waals surface area contributed by atoms with Crippen LogP contribution in [-0.4, -0.2) is 35.9 Å². The zero-order valence-corrected chi connectivity index (χ0v) is 14.3. The smallest absolute Gasteiger partial charge is 0.0612 e. The van der Waals surface area contributed by atoms with Crippen molar-refractivity contribution in [2.45, 2.75) is 96.5 Å². The lowest BCUT2D eigenvalue weighted by Crippen LogP contribution is -2.63. The van der Waals surface area contributed by atoms with Crippen LogP contribution in [0.2, 0.25) is 0 Å². The van der Waals surface area contributed by atoms with Crippen molar-refractivity contribution < 1.29 is 4.74 Å². The molecular weight excluding hydrogens is 248 g/mol. The van der Waals surface area contributed by atoms with Gasteiger partial charge in [0.2, 0.25) is 0 Å². The average molecular weight is 282 g/mol. The van der Waals surface area contributed by atoms with Crippen molar-refractivity contribution in [2.75, 3.05) is 6.61 Å². The van der Waals surface area contributed by atoms with Gasteiger partial charge in [0.1, 0.15) is 0 Å². The summed E-state index contributed by atoms with van der Waals surface area (Å²) in [6, 6.07) is 1.25. The van der Waals surface area contributed by atoms with Gasteiger partial charge in [-0.3, -0.25) is 0 Å². The van der Waals surface area contributed by atoms with E-state index in [4.69, 9.17) is 4.74 Å². The summed E-state index contributed by atoms with van der Waals surface area (Å²) in [5.74, 6) is 0.625. The fraction of sp³-hybridized carbons (Fsp3) is 1.00. The van der Waals surface area contributed by atoms with Gasteiger partial charge in [-0.25, -0.2) is 0 Å². The topological polar surface area (TPSA) is 33.3 Å². The first-order valence-corrected chi connectivity index (χ1v) is 8.34. The van der Waals surface area contributed by atoms with Crippen LogP contribution in [-0.2, 0) is 4.74 Å². The second kappa shape index (κ2) is 5.94. The van der Waals surface area contributed by atoms with Crippen molar-refractivity contribution in [2.24, 2.45) is 5.92 Å². The molecule has 0 spiro atoms. The number of ether oxygens (including phenoxy) is 1. The van der Waals surface area contributed by atoms with Crippen LogP contribution in [0, 0.1) is 5.92 Å². The van der Waals surface area contributed by atoms with E-state index in [1.54, 1.807) is 0 Å². The molecule has 118 valence electrons. The summed E-state index contributed by atoms with van der Waals surface area (Å²) in [6.07, 6.45) is 5.18. The molecule has 0 aromatic carbocycles. The minimum absolute atomic E-state index is 0.224. The lowest BCUT2D eigenvalue weighted by Gasteiger charge is -2.48. The Balaban J connectivity index is 1.92. The van der Waals surface area contributed by atoms with Crippen LogP contribution in [0.15, 0.2) is 0 Å². The maximum absolute atomic E-state index is 5.89. The van der Waals surface area contributed by atoms with Gasteiger partial charge in [0.15, 0.2) is 0 Å². The van der Waals surface area contributed by atoms with E-state index >= 15 is 0 Å². The molecule has 20 heavy (non-hydrogen) atoms. The van der Waals surface area contributed by atoms with Gasteiger partial charge in [-0.2, -0.15) is 0 Å². The molecule has 0 radical (unpaired) electrons. The Hall–Kier alpha value is -0.120. The van der Waals surface area contributed by atoms with Gasteiger partial charge in [0.25, 0.3) is 0 Å². The van der Waals surface area contributed by atoms with Gasteiger partial charge in [-0.05, 0) is 59.3 Å². The predicted octanol–water partition coefficient (Wildman–Crippen LogP) is 3.09. The number of nitrogens with one attached hydrogen (secondary N) is 2. The van der Waals surface area contributed by atoms with E-state index < -0.39 is 0 Å². The summed E-state index contributed by atoms with van der Waals surface area (Å²) in [5.41, 5.74) is 0.448. The Kier molecular flexibility index (Phi) is 4.83. The third kappa shape index (κ3) is 4.44. The number of rotatable bonds is 3. The first kappa shape index (κ1) is 16.3. The van der Waals surface area contributed by atoms with Gasteiger partial charge in [0.05, 0.1) is 6.10 Å². The molecule has 2 aliphatic rings. The lowest BCUT2D eigenvalue weighted by atomic mass is 9.79. The normalized spacial score (nSPS) is 34.4. The fourth-order valence-electron chi connectivity index (χ4n) is 4.22. The number of hydrogen-bond donors (Lipinski definition) is 2.